The maximum Gasteiger partial charge on any atom is 0.322 e. The average Bonchev–Trinajstić information content (AvgIpc) is 2.42. The fraction of sp³-hybridized carbons (Fsp3) is 0.818. The van der Waals surface area contributed by atoms with Gasteiger partial charge in [-0.1, -0.05) is 6.92 Å². The van der Waals surface area contributed by atoms with Crippen LogP contribution in [0.15, 0.2) is 0 Å². The number of rotatable bonds is 6. The van der Waals surface area contributed by atoms with Crippen molar-refractivity contribution < 1.29 is 39.5 Å². The zero-order chi connectivity index (χ0) is 15.3. The zero-order valence-electron chi connectivity index (χ0n) is 10.9. The number of hydrogen-bond donors (Lipinski definition) is 5. The lowest BCUT2D eigenvalue weighted by atomic mass is 9.91. The summed E-state index contributed by atoms with van der Waals surface area (Å²) in [5.74, 6) is -2.38. The number of nitrogens with one attached hydrogen (secondary N) is 1. The molecule has 1 aliphatic heterocycles. The minimum atomic E-state index is -1.36. The summed E-state index contributed by atoms with van der Waals surface area (Å²) in [5.41, 5.74) is 0. The van der Waals surface area contributed by atoms with Gasteiger partial charge in [0, 0.05) is 5.92 Å². The van der Waals surface area contributed by atoms with Gasteiger partial charge in [-0.3, -0.25) is 9.59 Å². The van der Waals surface area contributed by atoms with Crippen molar-refractivity contribution in [2.45, 2.75) is 31.5 Å². The molecule has 1 aliphatic rings. The Morgan fingerprint density at radius 3 is 2.50 bits per heavy atom. The lowest BCUT2D eigenvalue weighted by Crippen LogP contribution is -2.55. The topological polar surface area (TPSA) is 146 Å². The average molecular weight is 293 g/mol. The molecule has 116 valence electrons. The van der Waals surface area contributed by atoms with Gasteiger partial charge in [-0.2, -0.15) is 0 Å². The molecule has 0 aromatic heterocycles. The number of hydrogen-bond acceptors (Lipinski definition) is 7. The number of ether oxygens (including phenoxy) is 2. The van der Waals surface area contributed by atoms with Crippen molar-refractivity contribution in [3.8, 4) is 0 Å². The highest BCUT2D eigenvalue weighted by atomic mass is 16.7. The zero-order valence-corrected chi connectivity index (χ0v) is 10.9. The van der Waals surface area contributed by atoms with Crippen LogP contribution in [-0.4, -0.2) is 76.7 Å². The molecule has 1 saturated heterocycles. The minimum Gasteiger partial charge on any atom is -0.480 e. The molecule has 5 unspecified atom stereocenters. The molecular weight excluding hydrogens is 274 g/mol. The molecule has 9 nitrogen and oxygen atoms in total. The summed E-state index contributed by atoms with van der Waals surface area (Å²) in [6, 6.07) is 0. The third kappa shape index (κ3) is 4.39. The fourth-order valence-electron chi connectivity index (χ4n) is 1.80. The van der Waals surface area contributed by atoms with Crippen LogP contribution < -0.4 is 5.32 Å². The molecule has 9 heteroatoms. The van der Waals surface area contributed by atoms with Gasteiger partial charge in [-0.25, -0.2) is 0 Å². The van der Waals surface area contributed by atoms with Gasteiger partial charge in [-0.15, -0.1) is 0 Å². The van der Waals surface area contributed by atoms with Gasteiger partial charge in [0.15, 0.2) is 6.29 Å². The molecule has 20 heavy (non-hydrogen) atoms. The summed E-state index contributed by atoms with van der Waals surface area (Å²) >= 11 is 0. The smallest absolute Gasteiger partial charge is 0.322 e. The molecule has 1 amide bonds. The molecule has 1 heterocycles. The van der Waals surface area contributed by atoms with Gasteiger partial charge in [0.05, 0.1) is 18.8 Å². The molecule has 0 aromatic rings. The Kier molecular flexibility index (Phi) is 6.30. The second kappa shape index (κ2) is 7.50. The van der Waals surface area contributed by atoms with Crippen LogP contribution in [0.1, 0.15) is 6.92 Å². The molecule has 0 aromatic carbocycles. The minimum absolute atomic E-state index is 0.365. The summed E-state index contributed by atoms with van der Waals surface area (Å²) < 4.78 is 10.2. The number of carbonyl (C=O) groups is 2. The lowest BCUT2D eigenvalue weighted by molar-refractivity contribution is -0.286. The highest BCUT2D eigenvalue weighted by molar-refractivity contribution is 5.81. The molecule has 0 spiro atoms. The Morgan fingerprint density at radius 2 is 1.95 bits per heavy atom. The predicted octanol–water partition coefficient (Wildman–Crippen LogP) is -2.72. The van der Waals surface area contributed by atoms with Crippen molar-refractivity contribution in [1.29, 1.82) is 0 Å². The molecule has 0 radical (unpaired) electrons. The van der Waals surface area contributed by atoms with Crippen molar-refractivity contribution in [1.82, 2.24) is 5.32 Å². The van der Waals surface area contributed by atoms with Crippen LogP contribution in [0.2, 0.25) is 0 Å². The second-order valence-corrected chi connectivity index (χ2v) is 4.55. The quantitative estimate of drug-likeness (QED) is 0.355. The normalized spacial score (nSPS) is 33.7. The van der Waals surface area contributed by atoms with E-state index in [4.69, 9.17) is 19.7 Å². The van der Waals surface area contributed by atoms with Crippen LogP contribution in [0.3, 0.4) is 0 Å². The van der Waals surface area contributed by atoms with E-state index in [0.717, 1.165) is 0 Å². The largest absolute Gasteiger partial charge is 0.480 e. The van der Waals surface area contributed by atoms with Crippen LogP contribution in [0.5, 0.6) is 0 Å². The molecule has 0 aliphatic carbocycles. The Bertz CT molecular complexity index is 347. The van der Waals surface area contributed by atoms with Crippen LogP contribution >= 0.6 is 0 Å². The van der Waals surface area contributed by atoms with E-state index in [9.17, 15) is 19.8 Å². The van der Waals surface area contributed by atoms with Gasteiger partial charge in [0.1, 0.15) is 19.3 Å². The summed E-state index contributed by atoms with van der Waals surface area (Å²) in [5, 5.41) is 39.0. The first kappa shape index (κ1) is 16.8. The van der Waals surface area contributed by atoms with Crippen molar-refractivity contribution in [3.05, 3.63) is 0 Å². The number of amides is 1. The molecule has 1 fully saturated rings. The van der Waals surface area contributed by atoms with E-state index in [1.807, 2.05) is 0 Å². The van der Waals surface area contributed by atoms with Gasteiger partial charge < -0.3 is 35.2 Å². The molecule has 1 rings (SSSR count). The SMILES string of the molecule is CC1C(CO)OC(OCC(=O)NCC(=O)O)C(O)C1O. The van der Waals surface area contributed by atoms with Gasteiger partial charge >= 0.3 is 5.97 Å². The predicted molar refractivity (Wildman–Crippen MR) is 63.5 cm³/mol. The van der Waals surface area contributed by atoms with E-state index >= 15 is 0 Å². The van der Waals surface area contributed by atoms with Crippen molar-refractivity contribution >= 4 is 11.9 Å². The van der Waals surface area contributed by atoms with Crippen molar-refractivity contribution in [3.63, 3.8) is 0 Å². The monoisotopic (exact) mass is 293 g/mol. The summed E-state index contributed by atoms with van der Waals surface area (Å²) in [6.07, 6.45) is -4.51. The lowest BCUT2D eigenvalue weighted by Gasteiger charge is -2.40. The highest BCUT2D eigenvalue weighted by Gasteiger charge is 2.42. The molecule has 5 atom stereocenters. The van der Waals surface area contributed by atoms with Gasteiger partial charge in [0.25, 0.3) is 0 Å². The first-order chi connectivity index (χ1) is 9.36. The molecular formula is C11H19NO8. The number of aliphatic hydroxyl groups excluding tert-OH is 3. The third-order valence-electron chi connectivity index (χ3n) is 3.06. The number of carboxylic acids is 1. The first-order valence-corrected chi connectivity index (χ1v) is 6.09. The van der Waals surface area contributed by atoms with Gasteiger partial charge in [0.2, 0.25) is 5.91 Å². The van der Waals surface area contributed by atoms with Crippen molar-refractivity contribution in [2.24, 2.45) is 5.92 Å². The molecule has 5 N–H and O–H groups in total. The summed E-state index contributed by atoms with van der Waals surface area (Å²) in [6.45, 7) is 0.157. The maximum absolute atomic E-state index is 11.2. The number of aliphatic carboxylic acids is 1. The van der Waals surface area contributed by atoms with E-state index in [2.05, 4.69) is 5.32 Å². The number of carbonyl (C=O) groups excluding carboxylic acids is 1. The van der Waals surface area contributed by atoms with E-state index in [1.54, 1.807) is 6.92 Å². The van der Waals surface area contributed by atoms with E-state index in [1.165, 1.54) is 0 Å². The molecule has 0 saturated carbocycles. The Balaban J connectivity index is 2.46. The Morgan fingerprint density at radius 1 is 1.30 bits per heavy atom. The van der Waals surface area contributed by atoms with Crippen LogP contribution in [0.25, 0.3) is 0 Å². The summed E-state index contributed by atoms with van der Waals surface area (Å²) in [7, 11) is 0. The van der Waals surface area contributed by atoms with E-state index < -0.39 is 55.5 Å². The van der Waals surface area contributed by atoms with Crippen molar-refractivity contribution in [2.75, 3.05) is 19.8 Å². The number of aliphatic hydroxyl groups is 3. The summed E-state index contributed by atoms with van der Waals surface area (Å²) in [4.78, 5) is 21.5. The molecule has 0 bridgehead atoms. The number of carboxylic acid groups (broad SMARTS) is 1. The van der Waals surface area contributed by atoms with Crippen LogP contribution in [0, 0.1) is 5.92 Å². The fourth-order valence-corrected chi connectivity index (χ4v) is 1.80. The van der Waals surface area contributed by atoms with E-state index in [-0.39, 0.29) is 6.61 Å². The van der Waals surface area contributed by atoms with Crippen LogP contribution in [-0.2, 0) is 19.1 Å². The maximum atomic E-state index is 11.2. The Hall–Kier alpha value is -1.26. The van der Waals surface area contributed by atoms with Gasteiger partial charge in [-0.05, 0) is 0 Å². The van der Waals surface area contributed by atoms with Crippen LogP contribution in [0.4, 0.5) is 0 Å². The van der Waals surface area contributed by atoms with E-state index in [0.29, 0.717) is 0 Å². The standard InChI is InChI=1S/C11H19NO8/c1-5-6(3-13)20-11(10(18)9(5)17)19-4-7(14)12-2-8(15)16/h5-6,9-11,13,17-18H,2-4H2,1H3,(H,12,14)(H,15,16). The first-order valence-electron chi connectivity index (χ1n) is 6.09. The third-order valence-corrected chi connectivity index (χ3v) is 3.06. The Labute approximate surface area is 115 Å². The highest BCUT2D eigenvalue weighted by Crippen LogP contribution is 2.26. The second-order valence-electron chi connectivity index (χ2n) is 4.55.